The van der Waals surface area contributed by atoms with Gasteiger partial charge in [-0.05, 0) is 32.4 Å². The first-order valence-electron chi connectivity index (χ1n) is 8.52. The minimum atomic E-state index is -0.524. The lowest BCUT2D eigenvalue weighted by molar-refractivity contribution is -0.385. The predicted molar refractivity (Wildman–Crippen MR) is 105 cm³/mol. The number of nitro groups is 1. The zero-order valence-corrected chi connectivity index (χ0v) is 16.4. The summed E-state index contributed by atoms with van der Waals surface area (Å²) in [5.74, 6) is -0.346. The summed E-state index contributed by atoms with van der Waals surface area (Å²) in [6, 6.07) is 7.50. The lowest BCUT2D eigenvalue weighted by Crippen LogP contribution is -2.20. The monoisotopic (exact) mass is 402 g/mol. The van der Waals surface area contributed by atoms with Crippen LogP contribution in [0.4, 0.5) is 11.4 Å². The summed E-state index contributed by atoms with van der Waals surface area (Å²) in [6.07, 6.45) is 1.25. The van der Waals surface area contributed by atoms with Crippen LogP contribution in [-0.2, 0) is 17.9 Å². The fraction of sp³-hybridized carbons (Fsp3) is 0.278. The molecule has 0 aliphatic carbocycles. The van der Waals surface area contributed by atoms with E-state index in [1.807, 2.05) is 31.2 Å². The molecule has 0 aliphatic heterocycles. The summed E-state index contributed by atoms with van der Waals surface area (Å²) in [6.45, 7) is 5.53. The molecule has 3 rings (SSSR count). The standard InChI is InChI=1S/C18H19ClN6O3/c1-11-16(25(27)28)9-23(21-11)10-17(26)20-18-12(2)22-24(13(18)3)8-14-6-4-5-7-15(14)19/h4-7,9H,8,10H2,1-3H3,(H,20,26). The van der Waals surface area contributed by atoms with Crippen molar-refractivity contribution in [3.63, 3.8) is 0 Å². The zero-order valence-electron chi connectivity index (χ0n) is 15.6. The second-order valence-electron chi connectivity index (χ2n) is 6.40. The maximum atomic E-state index is 12.4. The number of carbonyl (C=O) groups excluding carboxylic acids is 1. The number of halogens is 1. The van der Waals surface area contributed by atoms with Gasteiger partial charge in [0.25, 0.3) is 0 Å². The van der Waals surface area contributed by atoms with E-state index in [0.29, 0.717) is 22.9 Å². The van der Waals surface area contributed by atoms with Crippen molar-refractivity contribution in [3.05, 3.63) is 68.2 Å². The number of nitrogens with zero attached hydrogens (tertiary/aromatic N) is 5. The second kappa shape index (κ2) is 7.81. The first-order chi connectivity index (χ1) is 13.3. The predicted octanol–water partition coefficient (Wildman–Crippen LogP) is 3.25. The highest BCUT2D eigenvalue weighted by molar-refractivity contribution is 6.31. The van der Waals surface area contributed by atoms with Crippen LogP contribution in [0.1, 0.15) is 22.6 Å². The first kappa shape index (κ1) is 19.6. The van der Waals surface area contributed by atoms with Crippen LogP contribution in [0.2, 0.25) is 5.02 Å². The minimum absolute atomic E-state index is 0.118. The van der Waals surface area contributed by atoms with E-state index in [2.05, 4.69) is 15.5 Å². The fourth-order valence-electron chi connectivity index (χ4n) is 2.91. The maximum Gasteiger partial charge on any atom is 0.309 e. The first-order valence-corrected chi connectivity index (χ1v) is 8.89. The number of hydrogen-bond donors (Lipinski definition) is 1. The van der Waals surface area contributed by atoms with Gasteiger partial charge in [-0.1, -0.05) is 29.8 Å². The van der Waals surface area contributed by atoms with Gasteiger partial charge in [0, 0.05) is 5.02 Å². The molecule has 3 aromatic rings. The number of carbonyl (C=O) groups is 1. The van der Waals surface area contributed by atoms with Gasteiger partial charge >= 0.3 is 5.69 Å². The van der Waals surface area contributed by atoms with Gasteiger partial charge in [-0.2, -0.15) is 10.2 Å². The molecule has 1 N–H and O–H groups in total. The smallest absolute Gasteiger partial charge is 0.309 e. The number of nitrogens with one attached hydrogen (secondary N) is 1. The summed E-state index contributed by atoms with van der Waals surface area (Å²) >= 11 is 6.22. The van der Waals surface area contributed by atoms with Crippen molar-refractivity contribution in [2.24, 2.45) is 0 Å². The van der Waals surface area contributed by atoms with E-state index in [1.54, 1.807) is 11.6 Å². The summed E-state index contributed by atoms with van der Waals surface area (Å²) in [4.78, 5) is 22.8. The van der Waals surface area contributed by atoms with Crippen molar-refractivity contribution in [2.75, 3.05) is 5.32 Å². The molecule has 0 bridgehead atoms. The molecule has 0 unspecified atom stereocenters. The maximum absolute atomic E-state index is 12.4. The number of aryl methyl sites for hydroxylation is 2. The molecule has 0 saturated heterocycles. The molecule has 0 radical (unpaired) electrons. The van der Waals surface area contributed by atoms with Crippen molar-refractivity contribution in [1.29, 1.82) is 0 Å². The number of benzene rings is 1. The van der Waals surface area contributed by atoms with Crippen LogP contribution in [0, 0.1) is 30.9 Å². The molecular formula is C18H19ClN6O3. The van der Waals surface area contributed by atoms with Gasteiger partial charge in [-0.25, -0.2) is 0 Å². The van der Waals surface area contributed by atoms with E-state index in [9.17, 15) is 14.9 Å². The van der Waals surface area contributed by atoms with E-state index in [1.165, 1.54) is 17.8 Å². The van der Waals surface area contributed by atoms with Crippen LogP contribution in [0.5, 0.6) is 0 Å². The van der Waals surface area contributed by atoms with Crippen LogP contribution in [0.3, 0.4) is 0 Å². The molecule has 9 nitrogen and oxygen atoms in total. The van der Waals surface area contributed by atoms with Crippen LogP contribution in [0.15, 0.2) is 30.5 Å². The molecule has 2 heterocycles. The molecule has 1 aromatic carbocycles. The third-order valence-corrected chi connectivity index (χ3v) is 4.72. The van der Waals surface area contributed by atoms with Crippen LogP contribution in [-0.4, -0.2) is 30.4 Å². The van der Waals surface area contributed by atoms with Crippen molar-refractivity contribution >= 4 is 28.9 Å². The Morgan fingerprint density at radius 1 is 1.21 bits per heavy atom. The molecule has 146 valence electrons. The van der Waals surface area contributed by atoms with E-state index >= 15 is 0 Å². The van der Waals surface area contributed by atoms with Crippen LogP contribution < -0.4 is 5.32 Å². The quantitative estimate of drug-likeness (QED) is 0.503. The summed E-state index contributed by atoms with van der Waals surface area (Å²) < 4.78 is 3.02. The third kappa shape index (κ3) is 4.04. The van der Waals surface area contributed by atoms with Gasteiger partial charge in [0.15, 0.2) is 0 Å². The van der Waals surface area contributed by atoms with Gasteiger partial charge in [0.1, 0.15) is 18.4 Å². The van der Waals surface area contributed by atoms with Crippen molar-refractivity contribution < 1.29 is 9.72 Å². The Morgan fingerprint density at radius 3 is 2.57 bits per heavy atom. The number of aromatic nitrogens is 4. The fourth-order valence-corrected chi connectivity index (χ4v) is 3.11. The zero-order chi connectivity index (χ0) is 20.4. The molecule has 2 aromatic heterocycles. The highest BCUT2D eigenvalue weighted by atomic mass is 35.5. The Balaban J connectivity index is 1.75. The highest BCUT2D eigenvalue weighted by Crippen LogP contribution is 2.23. The van der Waals surface area contributed by atoms with Crippen molar-refractivity contribution in [2.45, 2.75) is 33.9 Å². The van der Waals surface area contributed by atoms with Crippen molar-refractivity contribution in [3.8, 4) is 0 Å². The third-order valence-electron chi connectivity index (χ3n) is 4.35. The Kier molecular flexibility index (Phi) is 5.46. The molecule has 1 amide bonds. The van der Waals surface area contributed by atoms with E-state index in [0.717, 1.165) is 11.3 Å². The summed E-state index contributed by atoms with van der Waals surface area (Å²) in [5, 5.41) is 22.9. The van der Waals surface area contributed by atoms with Gasteiger partial charge in [0.2, 0.25) is 5.91 Å². The Hall–Kier alpha value is -3.20. The van der Waals surface area contributed by atoms with Crippen LogP contribution >= 0.6 is 11.6 Å². The SMILES string of the molecule is Cc1nn(CC(=O)Nc2c(C)nn(Cc3ccccc3Cl)c2C)cc1[N+](=O)[O-]. The second-order valence-corrected chi connectivity index (χ2v) is 6.80. The van der Waals surface area contributed by atoms with Gasteiger partial charge in [0.05, 0.1) is 28.5 Å². The molecule has 28 heavy (non-hydrogen) atoms. The molecule has 0 fully saturated rings. The molecule has 10 heteroatoms. The normalized spacial score (nSPS) is 10.9. The highest BCUT2D eigenvalue weighted by Gasteiger charge is 2.19. The summed E-state index contributed by atoms with van der Waals surface area (Å²) in [5.41, 5.74) is 3.13. The average Bonchev–Trinajstić information content (AvgIpc) is 3.11. The molecular weight excluding hydrogens is 384 g/mol. The van der Waals surface area contributed by atoms with Crippen molar-refractivity contribution in [1.82, 2.24) is 19.6 Å². The van der Waals surface area contributed by atoms with E-state index in [-0.39, 0.29) is 23.8 Å². The van der Waals surface area contributed by atoms with Gasteiger partial charge in [-0.3, -0.25) is 24.3 Å². The van der Waals surface area contributed by atoms with Gasteiger partial charge in [-0.15, -0.1) is 0 Å². The summed E-state index contributed by atoms with van der Waals surface area (Å²) in [7, 11) is 0. The van der Waals surface area contributed by atoms with Crippen LogP contribution in [0.25, 0.3) is 0 Å². The molecule has 0 aliphatic rings. The number of anilines is 1. The lowest BCUT2D eigenvalue weighted by Gasteiger charge is -2.08. The largest absolute Gasteiger partial charge is 0.321 e. The number of amides is 1. The lowest BCUT2D eigenvalue weighted by atomic mass is 10.2. The molecule has 0 atom stereocenters. The van der Waals surface area contributed by atoms with Gasteiger partial charge < -0.3 is 5.32 Å². The van der Waals surface area contributed by atoms with E-state index < -0.39 is 4.92 Å². The Morgan fingerprint density at radius 2 is 1.93 bits per heavy atom. The Labute approximate surface area is 166 Å². The topological polar surface area (TPSA) is 108 Å². The Bertz CT molecular complexity index is 1060. The average molecular weight is 403 g/mol. The minimum Gasteiger partial charge on any atom is -0.321 e. The number of rotatable bonds is 6. The van der Waals surface area contributed by atoms with E-state index in [4.69, 9.17) is 11.6 Å². The molecule has 0 saturated carbocycles. The molecule has 0 spiro atoms. The number of hydrogen-bond acceptors (Lipinski definition) is 5.